The van der Waals surface area contributed by atoms with Crippen molar-refractivity contribution in [3.05, 3.63) is 44.6 Å². The molecule has 0 fully saturated rings. The summed E-state index contributed by atoms with van der Waals surface area (Å²) in [6.45, 7) is 22.4. The summed E-state index contributed by atoms with van der Waals surface area (Å²) in [7, 11) is 0. The Hall–Kier alpha value is -0.157. The molecule has 0 aromatic rings. The van der Waals surface area contributed by atoms with Crippen molar-refractivity contribution in [1.82, 2.24) is 0 Å². The Balaban J connectivity index is 0.000000360. The van der Waals surface area contributed by atoms with Crippen molar-refractivity contribution in [2.45, 2.75) is 78.5 Å². The summed E-state index contributed by atoms with van der Waals surface area (Å²) >= 11 is 0.230. The van der Waals surface area contributed by atoms with Gasteiger partial charge >= 0.3 is 32.5 Å². The van der Waals surface area contributed by atoms with Crippen molar-refractivity contribution >= 4 is 0 Å². The predicted octanol–water partition coefficient (Wildman–Crippen LogP) is 7.78. The molecule has 2 aliphatic carbocycles. The van der Waals surface area contributed by atoms with Gasteiger partial charge in [0.2, 0.25) is 0 Å². The molecular weight excluding hydrogens is 355 g/mol. The Kier molecular flexibility index (Phi) is 9.91. The zero-order valence-corrected chi connectivity index (χ0v) is 20.1. The van der Waals surface area contributed by atoms with Gasteiger partial charge in [-0.1, -0.05) is 36.1 Å². The van der Waals surface area contributed by atoms with Gasteiger partial charge in [-0.25, -0.2) is 0 Å². The minimum atomic E-state index is 0.230. The van der Waals surface area contributed by atoms with E-state index >= 15 is 0 Å². The second-order valence-electron chi connectivity index (χ2n) is 7.18. The van der Waals surface area contributed by atoms with Crippen LogP contribution in [-0.2, 0) is 23.2 Å². The molecule has 0 aromatic heterocycles. The van der Waals surface area contributed by atoms with E-state index in [2.05, 4.69) is 78.5 Å². The van der Waals surface area contributed by atoms with Gasteiger partial charge < -0.3 is 0 Å². The molecule has 0 radical (unpaired) electrons. The summed E-state index contributed by atoms with van der Waals surface area (Å²) in [4.78, 5) is 0. The Bertz CT molecular complexity index is 455. The van der Waals surface area contributed by atoms with Gasteiger partial charge in [-0.05, 0) is 89.5 Å². The van der Waals surface area contributed by atoms with E-state index in [9.17, 15) is 0 Å². The summed E-state index contributed by atoms with van der Waals surface area (Å²) in [5.74, 6) is 1.39. The van der Waals surface area contributed by atoms with Gasteiger partial charge in [0, 0.05) is 0 Å². The SMILES string of the molecule is CC1=C(C)C(C)C(C)=C1C.CC1=C(C)C(C)C(C)=C1C.[CH3][Zr][CH3]. The molecule has 0 heterocycles. The fraction of sp³-hybridized carbons (Fsp3) is 0.636. The number of hydrogen-bond donors (Lipinski definition) is 0. The molecule has 0 N–H and O–H groups in total. The first kappa shape index (κ1) is 22.8. The van der Waals surface area contributed by atoms with Crippen LogP contribution in [0.25, 0.3) is 0 Å². The van der Waals surface area contributed by atoms with Gasteiger partial charge in [-0.3, -0.25) is 0 Å². The van der Waals surface area contributed by atoms with Crippen molar-refractivity contribution in [3.8, 4) is 0 Å². The molecule has 0 amide bonds. The molecule has 0 nitrogen and oxygen atoms in total. The Morgan fingerprint density at radius 3 is 0.652 bits per heavy atom. The monoisotopic (exact) mass is 392 g/mol. The number of hydrogen-bond acceptors (Lipinski definition) is 0. The fourth-order valence-electron chi connectivity index (χ4n) is 3.13. The summed E-state index contributed by atoms with van der Waals surface area (Å²) in [6, 6.07) is 0. The van der Waals surface area contributed by atoms with Crippen LogP contribution >= 0.6 is 0 Å². The molecule has 130 valence electrons. The molecule has 0 saturated carbocycles. The Labute approximate surface area is 157 Å². The molecule has 0 unspecified atom stereocenters. The molecule has 1 heteroatoms. The van der Waals surface area contributed by atoms with Crippen LogP contribution < -0.4 is 0 Å². The molecule has 2 aliphatic rings. The normalized spacial score (nSPS) is 19.1. The average Bonchev–Trinajstić information content (AvgIpc) is 2.80. The zero-order chi connectivity index (χ0) is 18.5. The van der Waals surface area contributed by atoms with Crippen molar-refractivity contribution in [2.24, 2.45) is 11.8 Å². The molecule has 0 atom stereocenters. The number of rotatable bonds is 0. The Morgan fingerprint density at radius 2 is 0.609 bits per heavy atom. The maximum atomic E-state index is 2.30. The van der Waals surface area contributed by atoms with Crippen LogP contribution in [0.5, 0.6) is 0 Å². The van der Waals surface area contributed by atoms with E-state index in [0.717, 1.165) is 0 Å². The third-order valence-corrected chi connectivity index (χ3v) is 6.09. The molecule has 2 rings (SSSR count). The zero-order valence-electron chi connectivity index (χ0n) is 17.7. The van der Waals surface area contributed by atoms with Gasteiger partial charge in [0.1, 0.15) is 0 Å². The van der Waals surface area contributed by atoms with E-state index in [1.165, 1.54) is 22.3 Å². The maximum absolute atomic E-state index is 2.30. The standard InChI is InChI=1S/2C10H16.2CH3.Zr/c2*1-6-7(2)9(4)10(5)8(6)3;;;/h2*6H,1-5H3;2*1H3;. The molecule has 23 heavy (non-hydrogen) atoms. The second kappa shape index (κ2) is 9.98. The summed E-state index contributed by atoms with van der Waals surface area (Å²) in [5, 5.41) is 0. The van der Waals surface area contributed by atoms with Gasteiger partial charge in [0.05, 0.1) is 0 Å². The fourth-order valence-corrected chi connectivity index (χ4v) is 3.13. The van der Waals surface area contributed by atoms with E-state index in [-0.39, 0.29) is 23.2 Å². The topological polar surface area (TPSA) is 0 Å². The minimum absolute atomic E-state index is 0.230. The first-order valence-corrected chi connectivity index (χ1v) is 13.7. The first-order chi connectivity index (χ1) is 10.5. The average molecular weight is 394 g/mol. The van der Waals surface area contributed by atoms with Crippen LogP contribution in [0.3, 0.4) is 0 Å². The van der Waals surface area contributed by atoms with Crippen LogP contribution in [0.2, 0.25) is 9.26 Å². The van der Waals surface area contributed by atoms with Gasteiger partial charge in [0.25, 0.3) is 0 Å². The van der Waals surface area contributed by atoms with Crippen molar-refractivity contribution in [1.29, 1.82) is 0 Å². The van der Waals surface area contributed by atoms with Gasteiger partial charge in [0.15, 0.2) is 0 Å². The van der Waals surface area contributed by atoms with E-state index < -0.39 is 0 Å². The Morgan fingerprint density at radius 1 is 0.478 bits per heavy atom. The van der Waals surface area contributed by atoms with E-state index in [0.29, 0.717) is 11.8 Å². The van der Waals surface area contributed by atoms with Crippen LogP contribution in [-0.4, -0.2) is 0 Å². The van der Waals surface area contributed by atoms with Gasteiger partial charge in [-0.2, -0.15) is 0 Å². The summed E-state index contributed by atoms with van der Waals surface area (Å²) < 4.78 is 4.59. The number of allylic oxidation sites excluding steroid dienone is 8. The van der Waals surface area contributed by atoms with Crippen LogP contribution in [0.15, 0.2) is 44.6 Å². The van der Waals surface area contributed by atoms with E-state index in [1.54, 1.807) is 22.3 Å². The molecule has 0 aliphatic heterocycles. The summed E-state index contributed by atoms with van der Waals surface area (Å²) in [6.07, 6.45) is 0. The molecule has 0 spiro atoms. The predicted molar refractivity (Wildman–Crippen MR) is 104 cm³/mol. The van der Waals surface area contributed by atoms with Gasteiger partial charge in [-0.15, -0.1) is 0 Å². The van der Waals surface area contributed by atoms with E-state index in [1.807, 2.05) is 0 Å². The quantitative estimate of drug-likeness (QED) is 0.394. The summed E-state index contributed by atoms with van der Waals surface area (Å²) in [5.41, 5.74) is 12.2. The molecular formula is C22H38Zr. The van der Waals surface area contributed by atoms with Crippen LogP contribution in [0.4, 0.5) is 0 Å². The van der Waals surface area contributed by atoms with Crippen molar-refractivity contribution in [3.63, 3.8) is 0 Å². The first-order valence-electron chi connectivity index (χ1n) is 8.81. The van der Waals surface area contributed by atoms with E-state index in [4.69, 9.17) is 0 Å². The third kappa shape index (κ3) is 5.42. The van der Waals surface area contributed by atoms with Crippen LogP contribution in [0, 0.1) is 11.8 Å². The molecule has 0 saturated heterocycles. The third-order valence-electron chi connectivity index (χ3n) is 6.09. The molecule has 0 bridgehead atoms. The molecule has 0 aromatic carbocycles. The van der Waals surface area contributed by atoms with Crippen molar-refractivity contribution < 1.29 is 23.2 Å². The second-order valence-corrected chi connectivity index (χ2v) is 9.63. The van der Waals surface area contributed by atoms with Crippen molar-refractivity contribution in [2.75, 3.05) is 0 Å². The van der Waals surface area contributed by atoms with Crippen LogP contribution in [0.1, 0.15) is 69.2 Å².